The molecule has 2 fully saturated rings. The van der Waals surface area contributed by atoms with E-state index in [4.69, 9.17) is 16.3 Å². The van der Waals surface area contributed by atoms with Crippen LogP contribution in [0.2, 0.25) is 5.02 Å². The number of rotatable bonds is 4. The summed E-state index contributed by atoms with van der Waals surface area (Å²) in [5.74, 6) is -3.93. The molecular formula is C28H20ClN3O5. The molecule has 8 nitrogen and oxygen atoms in total. The molecule has 4 atom stereocenters. The van der Waals surface area contributed by atoms with Crippen molar-refractivity contribution in [2.75, 3.05) is 12.0 Å². The zero-order valence-corrected chi connectivity index (χ0v) is 20.3. The molecule has 9 heteroatoms. The molecule has 0 aliphatic carbocycles. The molecule has 3 aliphatic heterocycles. The third-order valence-corrected chi connectivity index (χ3v) is 7.49. The SMILES string of the molecule is COC(=O)c1ccccc1N1C(=O)[C@@H]2[C@H](C1=O)[C@@H]1c3ccccc3C=NN1[C@H]2C(=O)c1ccc(Cl)cc1. The molecule has 3 aromatic rings. The summed E-state index contributed by atoms with van der Waals surface area (Å²) in [7, 11) is 1.23. The first kappa shape index (κ1) is 23.1. The molecule has 184 valence electrons. The van der Waals surface area contributed by atoms with Gasteiger partial charge >= 0.3 is 5.97 Å². The summed E-state index contributed by atoms with van der Waals surface area (Å²) in [5, 5.41) is 6.62. The number of ether oxygens (including phenoxy) is 1. The van der Waals surface area contributed by atoms with Gasteiger partial charge in [0.25, 0.3) is 0 Å². The van der Waals surface area contributed by atoms with Gasteiger partial charge in [-0.05, 0) is 47.5 Å². The Bertz CT molecular complexity index is 1500. The van der Waals surface area contributed by atoms with E-state index in [0.717, 1.165) is 16.0 Å². The van der Waals surface area contributed by atoms with Gasteiger partial charge in [0.2, 0.25) is 11.8 Å². The molecule has 0 unspecified atom stereocenters. The van der Waals surface area contributed by atoms with E-state index in [2.05, 4.69) is 5.10 Å². The number of hydrogen-bond donors (Lipinski definition) is 0. The molecule has 0 bridgehead atoms. The maximum absolute atomic E-state index is 14.0. The van der Waals surface area contributed by atoms with Gasteiger partial charge < -0.3 is 4.74 Å². The number of Topliss-reactive ketones (excluding diaryl/α,β-unsaturated/α-hetero) is 1. The summed E-state index contributed by atoms with van der Waals surface area (Å²) >= 11 is 6.03. The first-order valence-electron chi connectivity index (χ1n) is 11.7. The normalized spacial score (nSPS) is 23.5. The standard InChI is InChI=1S/C28H20ClN3O5/c1-37-28(36)19-8-4-5-9-20(19)31-26(34)21-22(27(31)35)24(25(33)15-10-12-17(29)13-11-15)32-23(21)18-7-3-2-6-16(18)14-30-32/h2-14,21-24H,1H3/t21-,22+,23-,24+/m0/s1. The monoisotopic (exact) mass is 513 g/mol. The number of methoxy groups -OCH3 is 1. The minimum atomic E-state index is -1.02. The third kappa shape index (κ3) is 3.40. The summed E-state index contributed by atoms with van der Waals surface area (Å²) in [4.78, 5) is 55.4. The lowest BCUT2D eigenvalue weighted by Crippen LogP contribution is -2.45. The van der Waals surface area contributed by atoms with Crippen LogP contribution in [-0.4, -0.2) is 47.9 Å². The number of amides is 2. The highest BCUT2D eigenvalue weighted by Crippen LogP contribution is 2.53. The zero-order valence-electron chi connectivity index (χ0n) is 19.6. The molecule has 37 heavy (non-hydrogen) atoms. The van der Waals surface area contributed by atoms with Crippen molar-refractivity contribution < 1.29 is 23.9 Å². The molecule has 0 saturated carbocycles. The van der Waals surface area contributed by atoms with E-state index in [0.29, 0.717) is 10.6 Å². The second-order valence-electron chi connectivity index (χ2n) is 9.09. The van der Waals surface area contributed by atoms with E-state index in [1.807, 2.05) is 24.3 Å². The van der Waals surface area contributed by atoms with Gasteiger partial charge in [-0.15, -0.1) is 0 Å². The minimum absolute atomic E-state index is 0.0890. The molecule has 2 amide bonds. The van der Waals surface area contributed by atoms with Gasteiger partial charge in [-0.1, -0.05) is 48.0 Å². The highest BCUT2D eigenvalue weighted by Gasteiger charge is 2.65. The van der Waals surface area contributed by atoms with E-state index in [1.165, 1.54) is 19.2 Å². The summed E-state index contributed by atoms with van der Waals surface area (Å²) < 4.78 is 4.88. The number of hydrogen-bond acceptors (Lipinski definition) is 7. The number of imide groups is 1. The molecule has 3 aliphatic rings. The fraction of sp³-hybridized carbons (Fsp3) is 0.179. The zero-order chi connectivity index (χ0) is 25.8. The first-order valence-corrected chi connectivity index (χ1v) is 12.1. The molecule has 6 rings (SSSR count). The molecule has 3 heterocycles. The van der Waals surface area contributed by atoms with Gasteiger partial charge in [0.1, 0.15) is 6.04 Å². The molecular weight excluding hydrogens is 494 g/mol. The summed E-state index contributed by atoms with van der Waals surface area (Å²) in [5.41, 5.74) is 2.21. The van der Waals surface area contributed by atoms with Crippen LogP contribution in [-0.2, 0) is 14.3 Å². The van der Waals surface area contributed by atoms with Gasteiger partial charge in [0, 0.05) is 10.6 Å². The number of carbonyl (C=O) groups excluding carboxylic acids is 4. The Hall–Kier alpha value is -4.30. The lowest BCUT2D eigenvalue weighted by molar-refractivity contribution is -0.124. The van der Waals surface area contributed by atoms with Crippen LogP contribution in [0.3, 0.4) is 0 Å². The summed E-state index contributed by atoms with van der Waals surface area (Å²) in [6.45, 7) is 0. The topological polar surface area (TPSA) is 96.3 Å². The van der Waals surface area contributed by atoms with E-state index >= 15 is 0 Å². The Morgan fingerprint density at radius 2 is 1.57 bits per heavy atom. The lowest BCUT2D eigenvalue weighted by Gasteiger charge is -2.34. The Morgan fingerprint density at radius 1 is 0.892 bits per heavy atom. The quantitative estimate of drug-likeness (QED) is 0.298. The van der Waals surface area contributed by atoms with Gasteiger partial charge in [-0.3, -0.25) is 19.4 Å². The average Bonchev–Trinajstić information content (AvgIpc) is 3.40. The number of carbonyl (C=O) groups is 4. The smallest absolute Gasteiger partial charge is 0.339 e. The van der Waals surface area contributed by atoms with Crippen molar-refractivity contribution in [1.82, 2.24) is 5.01 Å². The van der Waals surface area contributed by atoms with Crippen LogP contribution in [0.1, 0.15) is 37.9 Å². The first-order chi connectivity index (χ1) is 17.9. The number of halogens is 1. The Morgan fingerprint density at radius 3 is 2.32 bits per heavy atom. The van der Waals surface area contributed by atoms with Crippen molar-refractivity contribution in [2.45, 2.75) is 12.1 Å². The Labute approximate surface area is 217 Å². The minimum Gasteiger partial charge on any atom is -0.465 e. The molecule has 3 aromatic carbocycles. The maximum atomic E-state index is 14.0. The number of hydrazone groups is 1. The molecule has 0 spiro atoms. The van der Waals surface area contributed by atoms with Crippen LogP contribution in [0.15, 0.2) is 77.9 Å². The number of fused-ring (bicyclic) bond motifs is 5. The van der Waals surface area contributed by atoms with Crippen molar-refractivity contribution in [3.63, 3.8) is 0 Å². The van der Waals surface area contributed by atoms with Crippen molar-refractivity contribution in [2.24, 2.45) is 16.9 Å². The number of esters is 1. The van der Waals surface area contributed by atoms with Gasteiger partial charge in [0.15, 0.2) is 5.78 Å². The largest absolute Gasteiger partial charge is 0.465 e. The Balaban J connectivity index is 1.50. The predicted octanol–water partition coefficient (Wildman–Crippen LogP) is 3.89. The van der Waals surface area contributed by atoms with Gasteiger partial charge in [-0.25, -0.2) is 9.69 Å². The molecule has 0 N–H and O–H groups in total. The van der Waals surface area contributed by atoms with Crippen LogP contribution in [0.5, 0.6) is 0 Å². The third-order valence-electron chi connectivity index (χ3n) is 7.24. The van der Waals surface area contributed by atoms with Crippen LogP contribution in [0.25, 0.3) is 0 Å². The summed E-state index contributed by atoms with van der Waals surface area (Å²) in [6.07, 6.45) is 1.65. The van der Waals surface area contributed by atoms with E-state index in [1.54, 1.807) is 47.6 Å². The average molecular weight is 514 g/mol. The highest BCUT2D eigenvalue weighted by molar-refractivity contribution is 6.30. The Kier molecular flexibility index (Phi) is 5.42. The lowest BCUT2D eigenvalue weighted by atomic mass is 9.83. The highest BCUT2D eigenvalue weighted by atomic mass is 35.5. The van der Waals surface area contributed by atoms with Gasteiger partial charge in [0.05, 0.1) is 42.5 Å². The maximum Gasteiger partial charge on any atom is 0.339 e. The van der Waals surface area contributed by atoms with Crippen LogP contribution < -0.4 is 4.90 Å². The number of nitrogens with zero attached hydrogens (tertiary/aromatic N) is 3. The van der Waals surface area contributed by atoms with E-state index < -0.39 is 41.7 Å². The number of para-hydroxylation sites is 1. The van der Waals surface area contributed by atoms with Crippen molar-refractivity contribution in [3.8, 4) is 0 Å². The number of ketones is 1. The predicted molar refractivity (Wildman–Crippen MR) is 135 cm³/mol. The molecule has 2 saturated heterocycles. The van der Waals surface area contributed by atoms with Crippen molar-refractivity contribution >= 4 is 47.1 Å². The summed E-state index contributed by atoms with van der Waals surface area (Å²) in [6, 6.07) is 18.5. The van der Waals surface area contributed by atoms with Crippen molar-refractivity contribution in [1.29, 1.82) is 0 Å². The molecule has 0 radical (unpaired) electrons. The van der Waals surface area contributed by atoms with Crippen LogP contribution in [0, 0.1) is 11.8 Å². The number of benzene rings is 3. The van der Waals surface area contributed by atoms with E-state index in [-0.39, 0.29) is 17.0 Å². The van der Waals surface area contributed by atoms with Crippen LogP contribution >= 0.6 is 11.6 Å². The number of anilines is 1. The second kappa shape index (κ2) is 8.67. The second-order valence-corrected chi connectivity index (χ2v) is 9.52. The fourth-order valence-corrected chi connectivity index (χ4v) is 5.77. The fourth-order valence-electron chi connectivity index (χ4n) is 5.64. The van der Waals surface area contributed by atoms with E-state index in [9.17, 15) is 19.2 Å². The van der Waals surface area contributed by atoms with Gasteiger partial charge in [-0.2, -0.15) is 5.10 Å². The molecule has 0 aromatic heterocycles. The van der Waals surface area contributed by atoms with Crippen molar-refractivity contribution in [3.05, 3.63) is 100 Å². The van der Waals surface area contributed by atoms with Crippen LogP contribution in [0.4, 0.5) is 5.69 Å².